The highest BCUT2D eigenvalue weighted by atomic mass is 16.4. The Morgan fingerprint density at radius 2 is 1.89 bits per heavy atom. The van der Waals surface area contributed by atoms with Crippen molar-refractivity contribution in [3.05, 3.63) is 35.9 Å². The molecule has 19 heavy (non-hydrogen) atoms. The van der Waals surface area contributed by atoms with E-state index in [1.165, 1.54) is 0 Å². The number of hydrogen-bond donors (Lipinski definition) is 3. The highest BCUT2D eigenvalue weighted by molar-refractivity contribution is 5.87. The molecular formula is C14H20N2O3. The minimum absolute atomic E-state index is 0.163. The Morgan fingerprint density at radius 3 is 2.37 bits per heavy atom. The number of carboxylic acid groups (broad SMARTS) is 1. The summed E-state index contributed by atoms with van der Waals surface area (Å²) in [5.41, 5.74) is 5.59. The summed E-state index contributed by atoms with van der Waals surface area (Å²) in [7, 11) is 0. The van der Waals surface area contributed by atoms with Gasteiger partial charge in [0.25, 0.3) is 0 Å². The predicted octanol–water partition coefficient (Wildman–Crippen LogP) is 0.783. The third-order valence-corrected chi connectivity index (χ3v) is 3.01. The molecule has 0 radical (unpaired) electrons. The molecule has 0 heterocycles. The SMILES string of the molecule is CC(C)(CN)C(=O)N[C@H](Cc1ccccc1)C(=O)O. The minimum Gasteiger partial charge on any atom is -0.480 e. The Hall–Kier alpha value is -1.88. The van der Waals surface area contributed by atoms with Crippen molar-refractivity contribution in [3.63, 3.8) is 0 Å². The number of rotatable bonds is 6. The van der Waals surface area contributed by atoms with Crippen LogP contribution >= 0.6 is 0 Å². The van der Waals surface area contributed by atoms with Gasteiger partial charge < -0.3 is 16.2 Å². The van der Waals surface area contributed by atoms with Crippen LogP contribution in [0.25, 0.3) is 0 Å². The smallest absolute Gasteiger partial charge is 0.326 e. The molecule has 1 aromatic rings. The fraction of sp³-hybridized carbons (Fsp3) is 0.429. The number of nitrogens with two attached hydrogens (primary N) is 1. The van der Waals surface area contributed by atoms with E-state index in [9.17, 15) is 14.7 Å². The maximum atomic E-state index is 11.9. The summed E-state index contributed by atoms with van der Waals surface area (Å²) in [4.78, 5) is 23.2. The second-order valence-electron chi connectivity index (χ2n) is 5.14. The summed E-state index contributed by atoms with van der Waals surface area (Å²) in [6.45, 7) is 3.53. The Kier molecular flexibility index (Phi) is 5.06. The van der Waals surface area contributed by atoms with Gasteiger partial charge in [-0.3, -0.25) is 4.79 Å². The van der Waals surface area contributed by atoms with Gasteiger partial charge in [0.15, 0.2) is 0 Å². The van der Waals surface area contributed by atoms with Gasteiger partial charge in [-0.25, -0.2) is 4.79 Å². The number of aliphatic carboxylic acids is 1. The average Bonchev–Trinajstić information content (AvgIpc) is 2.38. The van der Waals surface area contributed by atoms with Crippen LogP contribution in [-0.2, 0) is 16.0 Å². The van der Waals surface area contributed by atoms with Crippen LogP contribution < -0.4 is 11.1 Å². The highest BCUT2D eigenvalue weighted by Gasteiger charge is 2.30. The van der Waals surface area contributed by atoms with Crippen molar-refractivity contribution in [1.82, 2.24) is 5.32 Å². The Morgan fingerprint density at radius 1 is 1.32 bits per heavy atom. The first-order chi connectivity index (χ1) is 8.86. The maximum absolute atomic E-state index is 11.9. The van der Waals surface area contributed by atoms with Gasteiger partial charge in [0, 0.05) is 13.0 Å². The third-order valence-electron chi connectivity index (χ3n) is 3.01. The van der Waals surface area contributed by atoms with E-state index in [0.717, 1.165) is 5.56 Å². The van der Waals surface area contributed by atoms with Gasteiger partial charge in [0.2, 0.25) is 5.91 Å². The van der Waals surface area contributed by atoms with E-state index in [2.05, 4.69) is 5.32 Å². The lowest BCUT2D eigenvalue weighted by molar-refractivity contribution is -0.143. The molecule has 1 atom stereocenters. The molecule has 5 nitrogen and oxygen atoms in total. The van der Waals surface area contributed by atoms with Crippen LogP contribution in [0.1, 0.15) is 19.4 Å². The first-order valence-corrected chi connectivity index (χ1v) is 6.14. The number of carbonyl (C=O) groups is 2. The molecule has 4 N–H and O–H groups in total. The molecule has 1 aromatic carbocycles. The Balaban J connectivity index is 2.75. The number of carboxylic acids is 1. The number of benzene rings is 1. The van der Waals surface area contributed by atoms with Gasteiger partial charge in [0.1, 0.15) is 6.04 Å². The lowest BCUT2D eigenvalue weighted by atomic mass is 9.92. The molecular weight excluding hydrogens is 244 g/mol. The van der Waals surface area contributed by atoms with Gasteiger partial charge >= 0.3 is 5.97 Å². The monoisotopic (exact) mass is 264 g/mol. The zero-order valence-electron chi connectivity index (χ0n) is 11.2. The van der Waals surface area contributed by atoms with Crippen molar-refractivity contribution in [2.24, 2.45) is 11.1 Å². The molecule has 0 saturated carbocycles. The number of hydrogen-bond acceptors (Lipinski definition) is 3. The van der Waals surface area contributed by atoms with Crippen molar-refractivity contribution in [3.8, 4) is 0 Å². The Labute approximate surface area is 112 Å². The topological polar surface area (TPSA) is 92.4 Å². The molecule has 0 bridgehead atoms. The second-order valence-corrected chi connectivity index (χ2v) is 5.14. The van der Waals surface area contributed by atoms with E-state index in [0.29, 0.717) is 0 Å². The van der Waals surface area contributed by atoms with E-state index in [-0.39, 0.29) is 18.9 Å². The van der Waals surface area contributed by atoms with Crippen molar-refractivity contribution in [2.75, 3.05) is 6.54 Å². The van der Waals surface area contributed by atoms with Gasteiger partial charge in [-0.05, 0) is 19.4 Å². The normalized spacial score (nSPS) is 12.8. The van der Waals surface area contributed by atoms with Gasteiger partial charge in [-0.1, -0.05) is 30.3 Å². The maximum Gasteiger partial charge on any atom is 0.326 e. The van der Waals surface area contributed by atoms with Crippen LogP contribution in [0.2, 0.25) is 0 Å². The van der Waals surface area contributed by atoms with Gasteiger partial charge in [-0.15, -0.1) is 0 Å². The summed E-state index contributed by atoms with van der Waals surface area (Å²) in [6.07, 6.45) is 0.253. The molecule has 0 aliphatic heterocycles. The van der Waals surface area contributed by atoms with Crippen LogP contribution in [0.15, 0.2) is 30.3 Å². The average molecular weight is 264 g/mol. The van der Waals surface area contributed by atoms with E-state index >= 15 is 0 Å². The molecule has 0 aromatic heterocycles. The molecule has 104 valence electrons. The van der Waals surface area contributed by atoms with E-state index in [1.807, 2.05) is 30.3 Å². The molecule has 1 rings (SSSR count). The molecule has 5 heteroatoms. The van der Waals surface area contributed by atoms with Crippen molar-refractivity contribution in [2.45, 2.75) is 26.3 Å². The molecule has 0 spiro atoms. The lowest BCUT2D eigenvalue weighted by Crippen LogP contribution is -2.49. The molecule has 1 amide bonds. The van der Waals surface area contributed by atoms with Gasteiger partial charge in [0.05, 0.1) is 5.41 Å². The summed E-state index contributed by atoms with van der Waals surface area (Å²) in [5, 5.41) is 11.7. The summed E-state index contributed by atoms with van der Waals surface area (Å²) in [6, 6.07) is 8.24. The molecule has 0 fully saturated rings. The zero-order chi connectivity index (χ0) is 14.5. The fourth-order valence-electron chi connectivity index (χ4n) is 1.50. The van der Waals surface area contributed by atoms with Crippen LogP contribution in [0.3, 0.4) is 0 Å². The summed E-state index contributed by atoms with van der Waals surface area (Å²) in [5.74, 6) is -1.40. The largest absolute Gasteiger partial charge is 0.480 e. The van der Waals surface area contributed by atoms with Crippen LogP contribution in [-0.4, -0.2) is 29.6 Å². The Bertz CT molecular complexity index is 443. The van der Waals surface area contributed by atoms with E-state index in [4.69, 9.17) is 5.73 Å². The number of carbonyl (C=O) groups excluding carboxylic acids is 1. The second kappa shape index (κ2) is 6.33. The van der Waals surface area contributed by atoms with Crippen LogP contribution in [0.5, 0.6) is 0 Å². The summed E-state index contributed by atoms with van der Waals surface area (Å²) >= 11 is 0. The minimum atomic E-state index is -1.05. The number of amides is 1. The summed E-state index contributed by atoms with van der Waals surface area (Å²) < 4.78 is 0. The van der Waals surface area contributed by atoms with Gasteiger partial charge in [-0.2, -0.15) is 0 Å². The van der Waals surface area contributed by atoms with Crippen LogP contribution in [0.4, 0.5) is 0 Å². The van der Waals surface area contributed by atoms with E-state index < -0.39 is 17.4 Å². The first kappa shape index (κ1) is 15.2. The van der Waals surface area contributed by atoms with Crippen molar-refractivity contribution in [1.29, 1.82) is 0 Å². The number of nitrogens with one attached hydrogen (secondary N) is 1. The molecule has 0 aliphatic rings. The standard InChI is InChI=1S/C14H20N2O3/c1-14(2,9-15)13(19)16-11(12(17)18)8-10-6-4-3-5-7-10/h3-7,11H,8-9,15H2,1-2H3,(H,16,19)(H,17,18)/t11-/m1/s1. The highest BCUT2D eigenvalue weighted by Crippen LogP contribution is 2.13. The van der Waals surface area contributed by atoms with Crippen LogP contribution in [0, 0.1) is 5.41 Å². The molecule has 0 unspecified atom stereocenters. The molecule has 0 saturated heterocycles. The lowest BCUT2D eigenvalue weighted by Gasteiger charge is -2.24. The van der Waals surface area contributed by atoms with Crippen molar-refractivity contribution < 1.29 is 14.7 Å². The quantitative estimate of drug-likeness (QED) is 0.708. The third kappa shape index (κ3) is 4.37. The predicted molar refractivity (Wildman–Crippen MR) is 72.5 cm³/mol. The van der Waals surface area contributed by atoms with Crippen molar-refractivity contribution >= 4 is 11.9 Å². The van der Waals surface area contributed by atoms with E-state index in [1.54, 1.807) is 13.8 Å². The zero-order valence-corrected chi connectivity index (χ0v) is 11.2. The molecule has 0 aliphatic carbocycles. The fourth-order valence-corrected chi connectivity index (χ4v) is 1.50. The first-order valence-electron chi connectivity index (χ1n) is 6.14.